The number of methoxy groups -OCH3 is 2. The number of carbonyl (C=O) groups is 1. The molecule has 0 aliphatic heterocycles. The van der Waals surface area contributed by atoms with Crippen molar-refractivity contribution >= 4 is 17.6 Å². The van der Waals surface area contributed by atoms with Crippen molar-refractivity contribution in [2.75, 3.05) is 14.2 Å². The molecule has 0 spiro atoms. The Balaban J connectivity index is 1.43. The fourth-order valence-electron chi connectivity index (χ4n) is 5.75. The summed E-state index contributed by atoms with van der Waals surface area (Å²) in [6.07, 6.45) is 2.37. The first-order valence-corrected chi connectivity index (χ1v) is 15.8. The van der Waals surface area contributed by atoms with E-state index in [0.29, 0.717) is 16.9 Å². The minimum absolute atomic E-state index is 0.0763. The Bertz CT molecular complexity index is 2160. The third-order valence-electron chi connectivity index (χ3n) is 8.06. The number of ether oxygens (including phenoxy) is 2. The van der Waals surface area contributed by atoms with Gasteiger partial charge >= 0.3 is 0 Å². The van der Waals surface area contributed by atoms with Gasteiger partial charge in [0, 0.05) is 39.5 Å². The second-order valence-corrected chi connectivity index (χ2v) is 11.6. The average Bonchev–Trinajstić information content (AvgIpc) is 3.81. The number of para-hydroxylation sites is 1. The minimum atomic E-state index is -0.0763. The molecule has 7 rings (SSSR count). The summed E-state index contributed by atoms with van der Waals surface area (Å²) in [7, 11) is 3.31. The van der Waals surface area contributed by atoms with Gasteiger partial charge in [-0.05, 0) is 83.9 Å². The lowest BCUT2D eigenvalue weighted by Gasteiger charge is -2.15. The van der Waals surface area contributed by atoms with Crippen molar-refractivity contribution < 1.29 is 19.4 Å². The molecule has 8 heteroatoms. The maximum absolute atomic E-state index is 12.1. The summed E-state index contributed by atoms with van der Waals surface area (Å²) in [6.45, 7) is 0. The van der Waals surface area contributed by atoms with Crippen LogP contribution >= 0.6 is 11.3 Å². The molecule has 0 amide bonds. The van der Waals surface area contributed by atoms with Crippen LogP contribution in [0.15, 0.2) is 127 Å². The standard InChI is InChI=1S/C39H29N3O4S/c1-45-30-16-12-26(13-17-30)36-37(27-14-18-31(46-2)19-15-27)42(29-6-4-3-5-7-29)38(41-36)28-10-8-25(9-11-28)32-20-21-34(44)33(24-43)35(32)39-40-22-23-47-39/h3-24,44H,1-2H3. The number of phenolic OH excluding ortho intramolecular Hbond substituents is 1. The molecule has 0 atom stereocenters. The third kappa shape index (κ3) is 5.55. The molecular weight excluding hydrogens is 607 g/mol. The number of imidazole rings is 1. The van der Waals surface area contributed by atoms with Gasteiger partial charge in [0.25, 0.3) is 0 Å². The molecule has 0 radical (unpaired) electrons. The number of aromatic nitrogens is 3. The molecular formula is C39H29N3O4S. The molecule has 0 bridgehead atoms. The molecule has 0 saturated carbocycles. The van der Waals surface area contributed by atoms with Gasteiger partial charge in [0.05, 0.1) is 31.2 Å². The number of hydrogen-bond donors (Lipinski definition) is 1. The van der Waals surface area contributed by atoms with Crippen molar-refractivity contribution in [3.63, 3.8) is 0 Å². The van der Waals surface area contributed by atoms with Crippen LogP contribution in [0.4, 0.5) is 0 Å². The predicted octanol–water partition coefficient (Wildman–Crippen LogP) is 9.20. The van der Waals surface area contributed by atoms with E-state index in [1.54, 1.807) is 26.5 Å². The van der Waals surface area contributed by atoms with Gasteiger partial charge in [-0.1, -0.05) is 42.5 Å². The molecule has 1 N–H and O–H groups in total. The fourth-order valence-corrected chi connectivity index (χ4v) is 6.46. The maximum Gasteiger partial charge on any atom is 0.154 e. The van der Waals surface area contributed by atoms with Crippen molar-refractivity contribution in [3.8, 4) is 78.5 Å². The summed E-state index contributed by atoms with van der Waals surface area (Å²) in [5.41, 5.74) is 8.05. The van der Waals surface area contributed by atoms with E-state index in [4.69, 9.17) is 14.5 Å². The van der Waals surface area contributed by atoms with E-state index in [0.717, 1.165) is 62.2 Å². The van der Waals surface area contributed by atoms with Gasteiger partial charge < -0.3 is 14.6 Å². The highest BCUT2D eigenvalue weighted by molar-refractivity contribution is 7.13. The summed E-state index contributed by atoms with van der Waals surface area (Å²) >= 11 is 1.42. The molecule has 2 aromatic heterocycles. The second kappa shape index (κ2) is 12.8. The Morgan fingerprint density at radius 3 is 1.94 bits per heavy atom. The Hall–Kier alpha value is -5.99. The molecule has 47 heavy (non-hydrogen) atoms. The van der Waals surface area contributed by atoms with E-state index in [2.05, 4.69) is 21.7 Å². The van der Waals surface area contributed by atoms with Crippen LogP contribution in [-0.4, -0.2) is 40.1 Å². The van der Waals surface area contributed by atoms with Crippen molar-refractivity contribution in [2.45, 2.75) is 0 Å². The summed E-state index contributed by atoms with van der Waals surface area (Å²) in [5.74, 6) is 2.22. The van der Waals surface area contributed by atoms with Gasteiger partial charge in [-0.15, -0.1) is 11.3 Å². The highest BCUT2D eigenvalue weighted by atomic mass is 32.1. The number of aldehydes is 1. The van der Waals surface area contributed by atoms with E-state index in [1.165, 1.54) is 11.3 Å². The van der Waals surface area contributed by atoms with Crippen LogP contribution in [0.1, 0.15) is 10.4 Å². The summed E-state index contributed by atoms with van der Waals surface area (Å²) < 4.78 is 13.1. The lowest BCUT2D eigenvalue weighted by Crippen LogP contribution is -2.00. The van der Waals surface area contributed by atoms with Crippen molar-refractivity contribution in [2.24, 2.45) is 0 Å². The number of hydrogen-bond acceptors (Lipinski definition) is 7. The molecule has 0 unspecified atom stereocenters. The van der Waals surface area contributed by atoms with Crippen LogP contribution in [0.3, 0.4) is 0 Å². The maximum atomic E-state index is 12.1. The first kappa shape index (κ1) is 29.7. The molecule has 0 fully saturated rings. The Morgan fingerprint density at radius 1 is 0.723 bits per heavy atom. The highest BCUT2D eigenvalue weighted by Gasteiger charge is 2.23. The van der Waals surface area contributed by atoms with E-state index >= 15 is 0 Å². The molecule has 5 aromatic carbocycles. The van der Waals surface area contributed by atoms with E-state index in [9.17, 15) is 9.90 Å². The average molecular weight is 636 g/mol. The van der Waals surface area contributed by atoms with Crippen LogP contribution in [-0.2, 0) is 0 Å². The predicted molar refractivity (Wildman–Crippen MR) is 187 cm³/mol. The molecule has 0 aliphatic carbocycles. The van der Waals surface area contributed by atoms with E-state index < -0.39 is 0 Å². The molecule has 230 valence electrons. The minimum Gasteiger partial charge on any atom is -0.507 e. The monoisotopic (exact) mass is 635 g/mol. The van der Waals surface area contributed by atoms with Gasteiger partial charge in [0.1, 0.15) is 28.1 Å². The molecule has 7 nitrogen and oxygen atoms in total. The van der Waals surface area contributed by atoms with Crippen molar-refractivity contribution in [1.82, 2.24) is 14.5 Å². The lowest BCUT2D eigenvalue weighted by atomic mass is 9.94. The quantitative estimate of drug-likeness (QED) is 0.159. The Kier molecular flexibility index (Phi) is 8.08. The van der Waals surface area contributed by atoms with E-state index in [-0.39, 0.29) is 11.3 Å². The summed E-state index contributed by atoms with van der Waals surface area (Å²) in [5, 5.41) is 13.0. The van der Waals surface area contributed by atoms with Gasteiger partial charge in [-0.3, -0.25) is 9.36 Å². The Labute approximate surface area is 276 Å². The summed E-state index contributed by atoms with van der Waals surface area (Å²) in [6, 6.07) is 37.6. The Morgan fingerprint density at radius 2 is 1.34 bits per heavy atom. The number of nitrogens with zero attached hydrogens (tertiary/aromatic N) is 3. The second-order valence-electron chi connectivity index (χ2n) is 10.7. The zero-order valence-electron chi connectivity index (χ0n) is 25.6. The van der Waals surface area contributed by atoms with Crippen LogP contribution < -0.4 is 9.47 Å². The number of carbonyl (C=O) groups excluding carboxylic acids is 1. The molecule has 0 saturated heterocycles. The number of benzene rings is 5. The topological polar surface area (TPSA) is 86.5 Å². The normalized spacial score (nSPS) is 10.9. The number of thiazole rings is 1. The zero-order chi connectivity index (χ0) is 32.3. The number of phenols is 1. The third-order valence-corrected chi connectivity index (χ3v) is 8.85. The SMILES string of the molecule is COc1ccc(-c2nc(-c3ccc(-c4ccc(O)c(C=O)c4-c4nccs4)cc3)n(-c3ccccc3)c2-c2ccc(OC)cc2)cc1. The van der Waals surface area contributed by atoms with Crippen LogP contribution in [0.25, 0.3) is 61.3 Å². The largest absolute Gasteiger partial charge is 0.507 e. The van der Waals surface area contributed by atoms with Gasteiger partial charge in [0.15, 0.2) is 6.29 Å². The molecule has 7 aromatic rings. The first-order valence-electron chi connectivity index (χ1n) is 14.9. The highest BCUT2D eigenvalue weighted by Crippen LogP contribution is 2.42. The molecule has 0 aliphatic rings. The molecule has 2 heterocycles. The fraction of sp³-hybridized carbons (Fsp3) is 0.0513. The lowest BCUT2D eigenvalue weighted by molar-refractivity contribution is 0.112. The first-order chi connectivity index (χ1) is 23.1. The smallest absolute Gasteiger partial charge is 0.154 e. The van der Waals surface area contributed by atoms with Crippen LogP contribution in [0, 0.1) is 0 Å². The van der Waals surface area contributed by atoms with Gasteiger partial charge in [-0.25, -0.2) is 9.97 Å². The zero-order valence-corrected chi connectivity index (χ0v) is 26.4. The number of rotatable bonds is 9. The van der Waals surface area contributed by atoms with Gasteiger partial charge in [-0.2, -0.15) is 0 Å². The van der Waals surface area contributed by atoms with Crippen molar-refractivity contribution in [3.05, 3.63) is 132 Å². The van der Waals surface area contributed by atoms with E-state index in [1.807, 2.05) is 102 Å². The van der Waals surface area contributed by atoms with Gasteiger partial charge in [0.2, 0.25) is 0 Å². The van der Waals surface area contributed by atoms with Crippen LogP contribution in [0.5, 0.6) is 17.2 Å². The van der Waals surface area contributed by atoms with Crippen LogP contribution in [0.2, 0.25) is 0 Å². The summed E-state index contributed by atoms with van der Waals surface area (Å²) in [4.78, 5) is 21.8. The number of aromatic hydroxyl groups is 1. The van der Waals surface area contributed by atoms with Crippen molar-refractivity contribution in [1.29, 1.82) is 0 Å².